The maximum absolute atomic E-state index is 12.4. The molecule has 1 atom stereocenters. The minimum atomic E-state index is -3.79. The third-order valence-electron chi connectivity index (χ3n) is 3.18. The number of nitrogens with zero attached hydrogens (tertiary/aromatic N) is 1. The summed E-state index contributed by atoms with van der Waals surface area (Å²) in [5.41, 5.74) is -0.219. The molecule has 8 heteroatoms. The summed E-state index contributed by atoms with van der Waals surface area (Å²) >= 11 is 0. The van der Waals surface area contributed by atoms with Gasteiger partial charge in [-0.05, 0) is 31.7 Å². The van der Waals surface area contributed by atoms with Gasteiger partial charge in [0.1, 0.15) is 10.6 Å². The third-order valence-corrected chi connectivity index (χ3v) is 4.81. The Morgan fingerprint density at radius 2 is 1.91 bits per heavy atom. The van der Waals surface area contributed by atoms with E-state index in [2.05, 4.69) is 18.6 Å². The quantitative estimate of drug-likeness (QED) is 0.583. The fourth-order valence-electron chi connectivity index (χ4n) is 1.96. The van der Waals surface area contributed by atoms with Crippen LogP contribution < -0.4 is 9.46 Å². The number of rotatable bonds is 8. The van der Waals surface area contributed by atoms with E-state index in [9.17, 15) is 18.5 Å². The van der Waals surface area contributed by atoms with Gasteiger partial charge in [0.2, 0.25) is 10.0 Å². The van der Waals surface area contributed by atoms with Gasteiger partial charge in [-0.2, -0.15) is 0 Å². The molecular formula is C14H22N2O5S. The molecule has 0 aliphatic rings. The van der Waals surface area contributed by atoms with Crippen LogP contribution in [-0.4, -0.2) is 26.5 Å². The highest BCUT2D eigenvalue weighted by Gasteiger charge is 2.23. The molecule has 22 heavy (non-hydrogen) atoms. The zero-order valence-corrected chi connectivity index (χ0v) is 14.0. The maximum Gasteiger partial charge on any atom is 0.273 e. The van der Waals surface area contributed by atoms with Crippen molar-refractivity contribution in [1.82, 2.24) is 4.72 Å². The summed E-state index contributed by atoms with van der Waals surface area (Å²) in [6.07, 6.45) is 1.62. The zero-order valence-electron chi connectivity index (χ0n) is 13.2. The number of nitro benzene ring substituents is 1. The van der Waals surface area contributed by atoms with Crippen LogP contribution >= 0.6 is 0 Å². The lowest BCUT2D eigenvalue weighted by molar-refractivity contribution is -0.385. The van der Waals surface area contributed by atoms with Crippen LogP contribution in [0.1, 0.15) is 33.6 Å². The normalized spacial score (nSPS) is 13.1. The number of benzene rings is 1. The largest absolute Gasteiger partial charge is 0.495 e. The number of sulfonamides is 1. The van der Waals surface area contributed by atoms with E-state index in [1.54, 1.807) is 6.92 Å². The predicted molar refractivity (Wildman–Crippen MR) is 83.5 cm³/mol. The first-order valence-electron chi connectivity index (χ1n) is 7.02. The Labute approximate surface area is 130 Å². The number of hydrogen-bond acceptors (Lipinski definition) is 5. The van der Waals surface area contributed by atoms with Gasteiger partial charge in [0.05, 0.1) is 18.1 Å². The Hall–Kier alpha value is -1.67. The Balaban J connectivity index is 2.99. The summed E-state index contributed by atoms with van der Waals surface area (Å²) in [6, 6.07) is 3.21. The molecule has 1 aromatic rings. The van der Waals surface area contributed by atoms with Gasteiger partial charge in [-0.25, -0.2) is 13.1 Å². The highest BCUT2D eigenvalue weighted by Crippen LogP contribution is 2.28. The van der Waals surface area contributed by atoms with E-state index < -0.39 is 14.9 Å². The van der Waals surface area contributed by atoms with E-state index >= 15 is 0 Å². The molecule has 0 fully saturated rings. The van der Waals surface area contributed by atoms with Crippen LogP contribution in [0.25, 0.3) is 0 Å². The fraction of sp³-hybridized carbons (Fsp3) is 0.571. The second-order valence-corrected chi connectivity index (χ2v) is 7.27. The second-order valence-electron chi connectivity index (χ2n) is 5.59. The minimum absolute atomic E-state index is 0.0437. The molecule has 0 saturated carbocycles. The van der Waals surface area contributed by atoms with E-state index in [0.717, 1.165) is 18.6 Å². The maximum atomic E-state index is 12.4. The van der Waals surface area contributed by atoms with Gasteiger partial charge in [0.15, 0.2) is 0 Å². The molecule has 1 unspecified atom stereocenters. The van der Waals surface area contributed by atoms with Gasteiger partial charge in [-0.1, -0.05) is 13.8 Å². The lowest BCUT2D eigenvalue weighted by Gasteiger charge is -2.16. The number of hydrogen-bond donors (Lipinski definition) is 1. The first-order valence-corrected chi connectivity index (χ1v) is 8.50. The lowest BCUT2D eigenvalue weighted by atomic mass is 10.1. The average Bonchev–Trinajstić information content (AvgIpc) is 2.43. The second kappa shape index (κ2) is 7.55. The monoisotopic (exact) mass is 330 g/mol. The van der Waals surface area contributed by atoms with Crippen molar-refractivity contribution in [3.05, 3.63) is 28.3 Å². The molecule has 0 heterocycles. The molecule has 0 aliphatic carbocycles. The van der Waals surface area contributed by atoms with E-state index in [1.807, 2.05) is 0 Å². The molecule has 0 spiro atoms. The van der Waals surface area contributed by atoms with Gasteiger partial charge in [-0.15, -0.1) is 0 Å². The molecule has 1 aromatic carbocycles. The summed E-state index contributed by atoms with van der Waals surface area (Å²) < 4.78 is 32.3. The van der Waals surface area contributed by atoms with Crippen molar-refractivity contribution in [1.29, 1.82) is 0 Å². The molecule has 1 N–H and O–H groups in total. The van der Waals surface area contributed by atoms with E-state index in [1.165, 1.54) is 13.2 Å². The van der Waals surface area contributed by atoms with Crippen molar-refractivity contribution in [2.24, 2.45) is 5.92 Å². The molecule has 0 amide bonds. The predicted octanol–water partition coefficient (Wildman–Crippen LogP) is 2.71. The van der Waals surface area contributed by atoms with Crippen LogP contribution in [-0.2, 0) is 10.0 Å². The summed E-state index contributed by atoms with van der Waals surface area (Å²) in [6.45, 7) is 5.93. The smallest absolute Gasteiger partial charge is 0.273 e. The summed E-state index contributed by atoms with van der Waals surface area (Å²) in [4.78, 5) is 10.0. The number of nitro groups is 1. The Morgan fingerprint density at radius 1 is 1.27 bits per heavy atom. The Kier molecular flexibility index (Phi) is 6.31. The summed E-state index contributed by atoms with van der Waals surface area (Å²) in [5, 5.41) is 10.7. The molecule has 7 nitrogen and oxygen atoms in total. The van der Waals surface area contributed by atoms with E-state index in [-0.39, 0.29) is 22.4 Å². The number of non-ortho nitro benzene ring substituents is 1. The number of ether oxygens (including phenoxy) is 1. The van der Waals surface area contributed by atoms with E-state index in [4.69, 9.17) is 4.74 Å². The van der Waals surface area contributed by atoms with Crippen molar-refractivity contribution in [2.75, 3.05) is 7.11 Å². The average molecular weight is 330 g/mol. The molecular weight excluding hydrogens is 308 g/mol. The van der Waals surface area contributed by atoms with Crippen LogP contribution in [0.15, 0.2) is 23.1 Å². The van der Waals surface area contributed by atoms with Crippen LogP contribution in [0.3, 0.4) is 0 Å². The van der Waals surface area contributed by atoms with Crippen LogP contribution in [0.2, 0.25) is 0 Å². The molecule has 0 bridgehead atoms. The van der Waals surface area contributed by atoms with Crippen LogP contribution in [0, 0.1) is 16.0 Å². The topological polar surface area (TPSA) is 98.5 Å². The van der Waals surface area contributed by atoms with Gasteiger partial charge in [0, 0.05) is 12.1 Å². The fourth-order valence-corrected chi connectivity index (χ4v) is 3.39. The molecule has 0 radical (unpaired) electrons. The van der Waals surface area contributed by atoms with Crippen LogP contribution in [0.4, 0.5) is 5.69 Å². The zero-order chi connectivity index (χ0) is 16.9. The SMILES string of the molecule is COc1cc([N+](=O)[O-])ccc1S(=O)(=O)NC(C)CCC(C)C. The molecule has 124 valence electrons. The molecule has 1 rings (SSSR count). The molecule has 0 aliphatic heterocycles. The van der Waals surface area contributed by atoms with Crippen molar-refractivity contribution in [2.45, 2.75) is 44.6 Å². The highest BCUT2D eigenvalue weighted by atomic mass is 32.2. The van der Waals surface area contributed by atoms with E-state index in [0.29, 0.717) is 12.3 Å². The lowest BCUT2D eigenvalue weighted by Crippen LogP contribution is -2.33. The first kappa shape index (κ1) is 18.4. The van der Waals surface area contributed by atoms with Crippen molar-refractivity contribution in [3.8, 4) is 5.75 Å². The highest BCUT2D eigenvalue weighted by molar-refractivity contribution is 7.89. The minimum Gasteiger partial charge on any atom is -0.495 e. The first-order chi connectivity index (χ1) is 10.2. The standard InChI is InChI=1S/C14H22N2O5S/c1-10(2)5-6-11(3)15-22(19,20)14-8-7-12(16(17)18)9-13(14)21-4/h7-11,15H,5-6H2,1-4H3. The van der Waals surface area contributed by atoms with Crippen molar-refractivity contribution < 1.29 is 18.1 Å². The van der Waals surface area contributed by atoms with Gasteiger partial charge < -0.3 is 4.74 Å². The molecule has 0 aromatic heterocycles. The Morgan fingerprint density at radius 3 is 2.41 bits per heavy atom. The van der Waals surface area contributed by atoms with Gasteiger partial charge >= 0.3 is 0 Å². The molecule has 0 saturated heterocycles. The number of nitrogens with one attached hydrogen (secondary N) is 1. The van der Waals surface area contributed by atoms with Gasteiger partial charge in [0.25, 0.3) is 5.69 Å². The third kappa shape index (κ3) is 4.96. The van der Waals surface area contributed by atoms with Crippen molar-refractivity contribution in [3.63, 3.8) is 0 Å². The summed E-state index contributed by atoms with van der Waals surface area (Å²) in [7, 11) is -2.51. The summed E-state index contributed by atoms with van der Waals surface area (Å²) in [5.74, 6) is 0.443. The van der Waals surface area contributed by atoms with Crippen molar-refractivity contribution >= 4 is 15.7 Å². The Bertz CT molecular complexity index is 628. The van der Waals surface area contributed by atoms with Crippen LogP contribution in [0.5, 0.6) is 5.75 Å². The van der Waals surface area contributed by atoms with Gasteiger partial charge in [-0.3, -0.25) is 10.1 Å². The number of methoxy groups -OCH3 is 1.